The molecule has 0 amide bonds. The molecule has 0 spiro atoms. The van der Waals surface area contributed by atoms with Gasteiger partial charge >= 0.3 is 0 Å². The summed E-state index contributed by atoms with van der Waals surface area (Å²) >= 11 is 5.23. The lowest BCUT2D eigenvalue weighted by molar-refractivity contribution is -0.112. The number of halogens is 1. The van der Waals surface area contributed by atoms with Crippen molar-refractivity contribution in [3.8, 4) is 0 Å². The molecule has 0 aromatic carbocycles. The average molecular weight is 120 g/mol. The molecule has 0 aliphatic rings. The Balaban J connectivity index is 3.56. The van der Waals surface area contributed by atoms with Crippen molar-refractivity contribution in [2.45, 2.75) is 12.3 Å². The van der Waals surface area contributed by atoms with E-state index in [9.17, 15) is 4.79 Å². The molecule has 0 saturated carbocycles. The predicted molar refractivity (Wildman–Crippen MR) is 29.1 cm³/mol. The van der Waals surface area contributed by atoms with Crippen LogP contribution in [0.5, 0.6) is 0 Å². The van der Waals surface area contributed by atoms with E-state index in [4.69, 9.17) is 17.0 Å². The molecule has 0 fully saturated rings. The van der Waals surface area contributed by atoms with Crippen molar-refractivity contribution in [1.82, 2.24) is 0 Å². The first-order chi connectivity index (χ1) is 3.18. The van der Waals surface area contributed by atoms with Gasteiger partial charge in [-0.05, 0) is 6.92 Å². The Morgan fingerprint density at radius 2 is 2.43 bits per heavy atom. The molecule has 0 aliphatic carbocycles. The molecular weight excluding hydrogens is 114 g/mol. The van der Waals surface area contributed by atoms with Crippen LogP contribution in [0.4, 0.5) is 0 Å². The summed E-state index contributed by atoms with van der Waals surface area (Å²) in [6.07, 6.45) is 0.720. The van der Waals surface area contributed by atoms with Crippen LogP contribution in [0.15, 0.2) is 0 Å². The van der Waals surface area contributed by atoms with Crippen molar-refractivity contribution >= 4 is 23.6 Å². The maximum atomic E-state index is 10.1. The molecule has 2 nitrogen and oxygen atoms in total. The number of Topliss-reactive ketones (excluding diaryl/α,β-unsaturated/α-hetero) is 1. The van der Waals surface area contributed by atoms with Crippen molar-refractivity contribution in [2.24, 2.45) is 0 Å². The minimum atomic E-state index is -0.544. The lowest BCUT2D eigenvalue weighted by Gasteiger charge is -1.88. The highest BCUT2D eigenvalue weighted by Crippen LogP contribution is 1.90. The molecule has 0 heterocycles. The van der Waals surface area contributed by atoms with E-state index >= 15 is 0 Å². The Labute approximate surface area is 47.0 Å². The number of hydrogen-bond donors (Lipinski definition) is 1. The third-order valence-corrected chi connectivity index (χ3v) is 0.749. The van der Waals surface area contributed by atoms with E-state index in [2.05, 4.69) is 0 Å². The summed E-state index contributed by atoms with van der Waals surface area (Å²) in [6.45, 7) is 1.54. The number of ketones is 1. The van der Waals surface area contributed by atoms with E-state index in [1.165, 1.54) is 6.92 Å². The molecule has 0 radical (unpaired) electrons. The van der Waals surface area contributed by atoms with Gasteiger partial charge in [-0.3, -0.25) is 4.79 Å². The van der Waals surface area contributed by atoms with Crippen LogP contribution in [0.2, 0.25) is 0 Å². The van der Waals surface area contributed by atoms with Crippen LogP contribution < -0.4 is 0 Å². The van der Waals surface area contributed by atoms with Gasteiger partial charge in [-0.1, -0.05) is 0 Å². The van der Waals surface area contributed by atoms with E-state index in [-0.39, 0.29) is 5.78 Å². The van der Waals surface area contributed by atoms with Crippen LogP contribution in [-0.2, 0) is 4.79 Å². The molecule has 7 heavy (non-hydrogen) atoms. The Hall–Kier alpha value is -0.370. The van der Waals surface area contributed by atoms with Crippen molar-refractivity contribution in [3.05, 3.63) is 0 Å². The quantitative estimate of drug-likeness (QED) is 0.425. The van der Waals surface area contributed by atoms with Gasteiger partial charge < -0.3 is 5.41 Å². The number of alkyl halides is 1. The molecule has 1 N–H and O–H groups in total. The van der Waals surface area contributed by atoms with Crippen molar-refractivity contribution in [2.75, 3.05) is 0 Å². The summed E-state index contributed by atoms with van der Waals surface area (Å²) in [5.74, 6) is -0.346. The molecule has 0 saturated heterocycles. The van der Waals surface area contributed by atoms with Crippen LogP contribution in [0.1, 0.15) is 6.92 Å². The number of hydrogen-bond acceptors (Lipinski definition) is 2. The van der Waals surface area contributed by atoms with Gasteiger partial charge in [0.15, 0.2) is 5.78 Å². The zero-order valence-corrected chi connectivity index (χ0v) is 4.70. The molecule has 3 heteroatoms. The molecule has 0 aromatic heterocycles. The third kappa shape index (κ3) is 2.34. The van der Waals surface area contributed by atoms with Gasteiger partial charge in [0.1, 0.15) is 0 Å². The molecule has 0 aromatic rings. The van der Waals surface area contributed by atoms with Gasteiger partial charge in [-0.15, -0.1) is 11.6 Å². The standard InChI is InChI=1S/C4H6ClNO/c1-3(5)4(7)2-6/h2-3,6H,1H3/t3-/m1/s1. The van der Waals surface area contributed by atoms with Crippen LogP contribution >= 0.6 is 11.6 Å². The highest BCUT2D eigenvalue weighted by Gasteiger charge is 2.02. The Bertz CT molecular complexity index is 89.7. The van der Waals surface area contributed by atoms with Gasteiger partial charge in [-0.2, -0.15) is 0 Å². The van der Waals surface area contributed by atoms with Gasteiger partial charge in [0.25, 0.3) is 0 Å². The predicted octanol–water partition coefficient (Wildman–Crippen LogP) is 0.832. The number of rotatable bonds is 2. The third-order valence-electron chi connectivity index (χ3n) is 0.534. The van der Waals surface area contributed by atoms with E-state index < -0.39 is 5.38 Å². The highest BCUT2D eigenvalue weighted by atomic mass is 35.5. The molecular formula is C4H6ClNO. The largest absolute Gasteiger partial charge is 0.305 e. The monoisotopic (exact) mass is 119 g/mol. The smallest absolute Gasteiger partial charge is 0.190 e. The SMILES string of the molecule is C[C@@H](Cl)C(=O)C=N. The number of carbonyl (C=O) groups is 1. The lowest BCUT2D eigenvalue weighted by atomic mass is 10.3. The van der Waals surface area contributed by atoms with E-state index in [0.29, 0.717) is 0 Å². The van der Waals surface area contributed by atoms with Gasteiger partial charge in [-0.25, -0.2) is 0 Å². The van der Waals surface area contributed by atoms with Crippen LogP contribution in [-0.4, -0.2) is 17.4 Å². The molecule has 0 unspecified atom stereocenters. The molecule has 0 aliphatic heterocycles. The van der Waals surface area contributed by atoms with Crippen LogP contribution in [0.25, 0.3) is 0 Å². The summed E-state index contributed by atoms with van der Waals surface area (Å²) in [7, 11) is 0. The second-order valence-corrected chi connectivity index (χ2v) is 1.82. The first kappa shape index (κ1) is 6.63. The number of carbonyl (C=O) groups excluding carboxylic acids is 1. The number of nitrogens with one attached hydrogen (secondary N) is 1. The zero-order valence-electron chi connectivity index (χ0n) is 3.94. The second-order valence-electron chi connectivity index (χ2n) is 1.16. The van der Waals surface area contributed by atoms with E-state index in [1.807, 2.05) is 0 Å². The van der Waals surface area contributed by atoms with Crippen LogP contribution in [0, 0.1) is 5.41 Å². The van der Waals surface area contributed by atoms with Gasteiger partial charge in [0, 0.05) is 0 Å². The topological polar surface area (TPSA) is 40.9 Å². The Morgan fingerprint density at radius 1 is 2.00 bits per heavy atom. The second kappa shape index (κ2) is 2.75. The molecule has 1 atom stereocenters. The Morgan fingerprint density at radius 3 is 2.43 bits per heavy atom. The fourth-order valence-electron chi connectivity index (χ4n) is 0.115. The van der Waals surface area contributed by atoms with E-state index in [0.717, 1.165) is 6.21 Å². The minimum Gasteiger partial charge on any atom is -0.305 e. The van der Waals surface area contributed by atoms with Crippen LogP contribution in [0.3, 0.4) is 0 Å². The average Bonchev–Trinajstić information content (AvgIpc) is 1.65. The summed E-state index contributed by atoms with van der Waals surface area (Å²) in [4.78, 5) is 10.1. The first-order valence-corrected chi connectivity index (χ1v) is 2.30. The van der Waals surface area contributed by atoms with E-state index in [1.54, 1.807) is 0 Å². The summed E-state index contributed by atoms with van der Waals surface area (Å²) in [5.41, 5.74) is 0. The summed E-state index contributed by atoms with van der Waals surface area (Å²) in [6, 6.07) is 0. The molecule has 40 valence electrons. The Kier molecular flexibility index (Phi) is 2.60. The van der Waals surface area contributed by atoms with Crippen molar-refractivity contribution in [1.29, 1.82) is 5.41 Å². The lowest BCUT2D eigenvalue weighted by Crippen LogP contribution is -2.09. The first-order valence-electron chi connectivity index (χ1n) is 1.87. The van der Waals surface area contributed by atoms with Crippen molar-refractivity contribution in [3.63, 3.8) is 0 Å². The minimum absolute atomic E-state index is 0.346. The van der Waals surface area contributed by atoms with Gasteiger partial charge in [0.2, 0.25) is 0 Å². The summed E-state index contributed by atoms with van der Waals surface area (Å²) in [5, 5.41) is 5.84. The molecule has 0 bridgehead atoms. The zero-order chi connectivity index (χ0) is 5.86. The fourth-order valence-corrected chi connectivity index (χ4v) is 0.178. The fraction of sp³-hybridized carbons (Fsp3) is 0.500. The summed E-state index contributed by atoms with van der Waals surface area (Å²) < 4.78 is 0. The maximum Gasteiger partial charge on any atom is 0.190 e. The maximum absolute atomic E-state index is 10.1. The van der Waals surface area contributed by atoms with Crippen molar-refractivity contribution < 1.29 is 4.79 Å². The van der Waals surface area contributed by atoms with Gasteiger partial charge in [0.05, 0.1) is 11.6 Å². The normalized spacial score (nSPS) is 12.9. The molecule has 0 rings (SSSR count). The highest BCUT2D eigenvalue weighted by molar-refractivity contribution is 6.43.